The van der Waals surface area contributed by atoms with E-state index in [0.29, 0.717) is 10.4 Å². The fraction of sp³-hybridized carbons (Fsp3) is 0.263. The van der Waals surface area contributed by atoms with E-state index in [1.54, 1.807) is 18.2 Å². The third-order valence-corrected chi connectivity index (χ3v) is 5.38. The van der Waals surface area contributed by atoms with Gasteiger partial charge in [0.15, 0.2) is 5.43 Å². The summed E-state index contributed by atoms with van der Waals surface area (Å²) in [5.74, 6) is 1.09. The highest BCUT2D eigenvalue weighted by Gasteiger charge is 2.13. The smallest absolute Gasteiger partial charge is 0.196 e. The van der Waals surface area contributed by atoms with Crippen molar-refractivity contribution in [2.45, 2.75) is 19.9 Å². The molecule has 2 heterocycles. The standard InChI is InChI=1S/C12H17N3S.C7H3ClO/c1-4-10-5-6-12(16-10)15-8-7-13-11(15)9-14(2)3;8-5-3-1-2-4-6(5)7(4)9/h5-8H,4,9H2,1-3H3;1-3H. The second-order valence-electron chi connectivity index (χ2n) is 6.04. The highest BCUT2D eigenvalue weighted by Crippen LogP contribution is 2.23. The molecular weight excluding hydrogens is 354 g/mol. The van der Waals surface area contributed by atoms with Crippen molar-refractivity contribution < 1.29 is 0 Å². The lowest BCUT2D eigenvalue weighted by Gasteiger charge is -2.10. The van der Waals surface area contributed by atoms with Gasteiger partial charge in [-0.15, -0.1) is 11.3 Å². The normalized spacial score (nSPS) is 11.2. The van der Waals surface area contributed by atoms with Crippen LogP contribution in [0, 0.1) is 0 Å². The lowest BCUT2D eigenvalue weighted by molar-refractivity contribution is 0.388. The van der Waals surface area contributed by atoms with Crippen molar-refractivity contribution in [2.75, 3.05) is 14.1 Å². The van der Waals surface area contributed by atoms with Crippen molar-refractivity contribution in [2.24, 2.45) is 0 Å². The predicted octanol–water partition coefficient (Wildman–Crippen LogP) is 4.29. The summed E-state index contributed by atoms with van der Waals surface area (Å²) in [5, 5.41) is 3.32. The van der Waals surface area contributed by atoms with Crippen LogP contribution in [-0.2, 0) is 13.0 Å². The monoisotopic (exact) mass is 373 g/mol. The van der Waals surface area contributed by atoms with E-state index in [1.165, 1.54) is 9.88 Å². The van der Waals surface area contributed by atoms with Gasteiger partial charge in [0.25, 0.3) is 0 Å². The van der Waals surface area contributed by atoms with E-state index in [9.17, 15) is 4.79 Å². The first-order valence-electron chi connectivity index (χ1n) is 8.10. The van der Waals surface area contributed by atoms with E-state index < -0.39 is 0 Å². The lowest BCUT2D eigenvalue weighted by atomic mass is 10.4. The van der Waals surface area contributed by atoms with Crippen LogP contribution in [-0.4, -0.2) is 28.5 Å². The molecule has 0 N–H and O–H groups in total. The van der Waals surface area contributed by atoms with Gasteiger partial charge in [0.1, 0.15) is 10.8 Å². The number of aryl methyl sites for hydroxylation is 1. The molecule has 130 valence electrons. The molecule has 0 aliphatic heterocycles. The molecule has 25 heavy (non-hydrogen) atoms. The van der Waals surface area contributed by atoms with Gasteiger partial charge in [-0.2, -0.15) is 0 Å². The van der Waals surface area contributed by atoms with Gasteiger partial charge in [-0.1, -0.05) is 30.7 Å². The Morgan fingerprint density at radius 1 is 1.24 bits per heavy atom. The molecule has 6 heteroatoms. The van der Waals surface area contributed by atoms with E-state index in [1.807, 2.05) is 23.7 Å². The highest BCUT2D eigenvalue weighted by atomic mass is 35.5. The molecule has 2 aromatic carbocycles. The van der Waals surface area contributed by atoms with Crippen molar-refractivity contribution in [3.05, 3.63) is 68.7 Å². The predicted molar refractivity (Wildman–Crippen MR) is 106 cm³/mol. The summed E-state index contributed by atoms with van der Waals surface area (Å²) in [6.07, 6.45) is 5.00. The van der Waals surface area contributed by atoms with Crippen LogP contribution in [0.15, 0.2) is 47.5 Å². The van der Waals surface area contributed by atoms with Crippen molar-refractivity contribution in [3.63, 3.8) is 0 Å². The number of aromatic nitrogens is 2. The zero-order valence-corrected chi connectivity index (χ0v) is 16.1. The van der Waals surface area contributed by atoms with E-state index in [-0.39, 0.29) is 5.43 Å². The fourth-order valence-electron chi connectivity index (χ4n) is 2.51. The Bertz CT molecular complexity index is 992. The van der Waals surface area contributed by atoms with E-state index in [2.05, 4.69) is 47.6 Å². The molecule has 0 amide bonds. The highest BCUT2D eigenvalue weighted by molar-refractivity contribution is 7.14. The van der Waals surface area contributed by atoms with Crippen LogP contribution in [0.2, 0.25) is 5.02 Å². The maximum atomic E-state index is 10.7. The van der Waals surface area contributed by atoms with Gasteiger partial charge in [0.05, 0.1) is 17.0 Å². The van der Waals surface area contributed by atoms with Crippen LogP contribution >= 0.6 is 22.9 Å². The molecule has 0 bridgehead atoms. The molecule has 0 saturated heterocycles. The molecule has 4 aromatic rings. The summed E-state index contributed by atoms with van der Waals surface area (Å²) in [5.41, 5.74) is 0.102. The molecule has 0 atom stereocenters. The van der Waals surface area contributed by atoms with Crippen LogP contribution in [0.1, 0.15) is 17.6 Å². The first-order valence-corrected chi connectivity index (χ1v) is 9.30. The number of fused-ring (bicyclic) bond motifs is 1. The zero-order valence-electron chi connectivity index (χ0n) is 14.5. The Morgan fingerprint density at radius 2 is 2.04 bits per heavy atom. The third-order valence-electron chi connectivity index (χ3n) is 3.83. The minimum Gasteiger partial charge on any atom is -0.302 e. The first-order chi connectivity index (χ1) is 12.0. The van der Waals surface area contributed by atoms with Crippen molar-refractivity contribution >= 4 is 33.7 Å². The Kier molecular flexibility index (Phi) is 5.37. The van der Waals surface area contributed by atoms with Gasteiger partial charge in [-0.05, 0) is 38.7 Å². The van der Waals surface area contributed by atoms with E-state index in [0.717, 1.165) is 24.2 Å². The van der Waals surface area contributed by atoms with Crippen molar-refractivity contribution in [1.82, 2.24) is 14.5 Å². The Labute approximate surface area is 156 Å². The molecule has 0 unspecified atom stereocenters. The summed E-state index contributed by atoms with van der Waals surface area (Å²) in [4.78, 5) is 18.6. The van der Waals surface area contributed by atoms with Crippen LogP contribution in [0.25, 0.3) is 15.8 Å². The molecule has 0 aliphatic rings. The van der Waals surface area contributed by atoms with Crippen LogP contribution in [0.4, 0.5) is 0 Å². The van der Waals surface area contributed by atoms with Crippen LogP contribution < -0.4 is 5.43 Å². The maximum Gasteiger partial charge on any atom is 0.196 e. The number of benzene rings is 1. The molecular formula is C19H20ClN3OS. The number of rotatable bonds is 4. The van der Waals surface area contributed by atoms with Gasteiger partial charge in [0, 0.05) is 22.7 Å². The summed E-state index contributed by atoms with van der Waals surface area (Å²) < 4.78 is 2.17. The fourth-order valence-corrected chi connectivity index (χ4v) is 3.72. The van der Waals surface area contributed by atoms with Gasteiger partial charge < -0.3 is 4.90 Å². The number of nitrogens with zero attached hydrogens (tertiary/aromatic N) is 3. The molecule has 0 radical (unpaired) electrons. The zero-order chi connectivity index (χ0) is 18.0. The van der Waals surface area contributed by atoms with E-state index >= 15 is 0 Å². The number of thiophene rings is 1. The Morgan fingerprint density at radius 3 is 2.64 bits per heavy atom. The minimum atomic E-state index is 0.102. The summed E-state index contributed by atoms with van der Waals surface area (Å²) in [7, 11) is 4.12. The topological polar surface area (TPSA) is 38.1 Å². The molecule has 0 spiro atoms. The van der Waals surface area contributed by atoms with E-state index in [4.69, 9.17) is 11.6 Å². The first kappa shape index (κ1) is 17.9. The van der Waals surface area contributed by atoms with Crippen LogP contribution in [0.3, 0.4) is 0 Å². The number of hydrogen-bond acceptors (Lipinski definition) is 4. The molecule has 0 saturated carbocycles. The molecule has 0 aliphatic carbocycles. The van der Waals surface area contributed by atoms with Crippen molar-refractivity contribution in [1.29, 1.82) is 0 Å². The Balaban J connectivity index is 0.000000170. The summed E-state index contributed by atoms with van der Waals surface area (Å²) in [6.45, 7) is 3.05. The summed E-state index contributed by atoms with van der Waals surface area (Å²) >= 11 is 7.47. The second-order valence-corrected chi connectivity index (χ2v) is 7.59. The number of imidazole rings is 1. The van der Waals surface area contributed by atoms with Gasteiger partial charge in [0.2, 0.25) is 0 Å². The lowest BCUT2D eigenvalue weighted by Crippen LogP contribution is -2.14. The largest absolute Gasteiger partial charge is 0.302 e. The second kappa shape index (κ2) is 7.52. The Hall–Kier alpha value is -1.95. The molecule has 4 rings (SSSR count). The molecule has 0 fully saturated rings. The quantitative estimate of drug-likeness (QED) is 0.535. The van der Waals surface area contributed by atoms with Crippen LogP contribution in [0.5, 0.6) is 0 Å². The number of halogens is 1. The SMILES string of the molecule is CCc1ccc(-n2ccnc2CN(C)C)s1.O=c1c2cccc(Cl)c12. The molecule has 4 nitrogen and oxygen atoms in total. The minimum absolute atomic E-state index is 0.102. The van der Waals surface area contributed by atoms with Gasteiger partial charge in [-0.25, -0.2) is 4.98 Å². The number of hydrogen-bond donors (Lipinski definition) is 0. The van der Waals surface area contributed by atoms with Crippen molar-refractivity contribution in [3.8, 4) is 5.00 Å². The maximum absolute atomic E-state index is 10.7. The average molecular weight is 374 g/mol. The summed E-state index contributed by atoms with van der Waals surface area (Å²) in [6, 6.07) is 9.66. The third kappa shape index (κ3) is 4.00. The van der Waals surface area contributed by atoms with Gasteiger partial charge in [-0.3, -0.25) is 9.36 Å². The molecule has 2 aromatic heterocycles. The average Bonchev–Trinajstić information content (AvgIpc) is 2.97. The van der Waals surface area contributed by atoms with Gasteiger partial charge >= 0.3 is 0 Å².